The van der Waals surface area contributed by atoms with Gasteiger partial charge in [-0.25, -0.2) is 0 Å². The molecule has 0 radical (unpaired) electrons. The molecule has 32 heavy (non-hydrogen) atoms. The number of halogens is 2. The summed E-state index contributed by atoms with van der Waals surface area (Å²) in [7, 11) is 0. The number of fused-ring (bicyclic) bond motifs is 2. The van der Waals surface area contributed by atoms with E-state index in [0.717, 1.165) is 46.0 Å². The molecule has 6 nitrogen and oxygen atoms in total. The van der Waals surface area contributed by atoms with Crippen LogP contribution in [0, 0.1) is 0 Å². The molecule has 0 saturated heterocycles. The van der Waals surface area contributed by atoms with Crippen molar-refractivity contribution in [1.82, 2.24) is 9.97 Å². The zero-order valence-corrected chi connectivity index (χ0v) is 19.1. The van der Waals surface area contributed by atoms with Crippen molar-refractivity contribution < 1.29 is 0 Å². The minimum Gasteiger partial charge on any atom is -0.384 e. The van der Waals surface area contributed by atoms with Crippen molar-refractivity contribution in [2.45, 2.75) is 18.4 Å². The van der Waals surface area contributed by atoms with Crippen LogP contribution in [0.2, 0.25) is 10.0 Å². The molecular formula is C24H26Cl2N6. The molecule has 8 heteroatoms. The number of hydrogen-bond donors (Lipinski definition) is 4. The predicted molar refractivity (Wildman–Crippen MR) is 136 cm³/mol. The van der Waals surface area contributed by atoms with E-state index in [2.05, 4.69) is 20.6 Å². The van der Waals surface area contributed by atoms with Gasteiger partial charge in [-0.15, -0.1) is 0 Å². The molecule has 0 spiro atoms. The zero-order chi connectivity index (χ0) is 22.6. The number of rotatable bonds is 9. The molecule has 0 amide bonds. The summed E-state index contributed by atoms with van der Waals surface area (Å²) >= 11 is 12.2. The maximum atomic E-state index is 6.63. The molecule has 2 aromatic heterocycles. The Hall–Kier alpha value is -2.64. The Balaban J connectivity index is 1.35. The van der Waals surface area contributed by atoms with Crippen molar-refractivity contribution in [3.05, 3.63) is 71.0 Å². The van der Waals surface area contributed by atoms with Crippen molar-refractivity contribution in [1.29, 1.82) is 0 Å². The van der Waals surface area contributed by atoms with Crippen LogP contribution in [0.3, 0.4) is 0 Å². The van der Waals surface area contributed by atoms with Crippen LogP contribution in [0.25, 0.3) is 21.8 Å². The van der Waals surface area contributed by atoms with Gasteiger partial charge in [-0.05, 0) is 61.4 Å². The Morgan fingerprint density at radius 1 is 0.750 bits per heavy atom. The van der Waals surface area contributed by atoms with Crippen LogP contribution in [-0.2, 0) is 0 Å². The molecule has 0 unspecified atom stereocenters. The van der Waals surface area contributed by atoms with Crippen LogP contribution in [0.4, 0.5) is 11.4 Å². The second-order valence-electron chi connectivity index (χ2n) is 7.96. The molecular weight excluding hydrogens is 443 g/mol. The average Bonchev–Trinajstić information content (AvgIpc) is 2.79. The molecule has 0 fully saturated rings. The van der Waals surface area contributed by atoms with E-state index in [0.29, 0.717) is 29.7 Å². The number of nitrogens with one attached hydrogen (secondary N) is 2. The van der Waals surface area contributed by atoms with Gasteiger partial charge >= 0.3 is 0 Å². The molecule has 2 heterocycles. The largest absolute Gasteiger partial charge is 0.384 e. The Kier molecular flexibility index (Phi) is 6.96. The second-order valence-corrected chi connectivity index (χ2v) is 8.83. The van der Waals surface area contributed by atoms with Crippen molar-refractivity contribution in [2.75, 3.05) is 30.3 Å². The fourth-order valence-electron chi connectivity index (χ4n) is 3.77. The third-order valence-electron chi connectivity index (χ3n) is 5.69. The van der Waals surface area contributed by atoms with E-state index in [-0.39, 0.29) is 0 Å². The third-order valence-corrected chi connectivity index (χ3v) is 6.16. The van der Waals surface area contributed by atoms with Crippen LogP contribution in [0.5, 0.6) is 0 Å². The Morgan fingerprint density at radius 2 is 1.22 bits per heavy atom. The molecule has 0 bridgehead atoms. The number of hydrogen-bond acceptors (Lipinski definition) is 6. The van der Waals surface area contributed by atoms with Crippen molar-refractivity contribution >= 4 is 56.4 Å². The molecule has 0 atom stereocenters. The van der Waals surface area contributed by atoms with Crippen LogP contribution in [0.1, 0.15) is 12.8 Å². The summed E-state index contributed by atoms with van der Waals surface area (Å²) < 4.78 is 0. The smallest absolute Gasteiger partial charge is 0.0737 e. The van der Waals surface area contributed by atoms with Gasteiger partial charge in [0.15, 0.2) is 0 Å². The van der Waals surface area contributed by atoms with E-state index in [1.165, 1.54) is 0 Å². The summed E-state index contributed by atoms with van der Waals surface area (Å²) in [4.78, 5) is 8.76. The van der Waals surface area contributed by atoms with Gasteiger partial charge in [0, 0.05) is 69.8 Å². The third kappa shape index (κ3) is 5.22. The van der Waals surface area contributed by atoms with Gasteiger partial charge in [0.25, 0.3) is 0 Å². The highest BCUT2D eigenvalue weighted by Crippen LogP contribution is 2.26. The van der Waals surface area contributed by atoms with E-state index < -0.39 is 5.54 Å². The summed E-state index contributed by atoms with van der Waals surface area (Å²) in [5.41, 5.74) is 15.9. The molecule has 6 N–H and O–H groups in total. The minimum atomic E-state index is -0.488. The van der Waals surface area contributed by atoms with E-state index in [1.807, 2.05) is 48.5 Å². The number of pyridine rings is 2. The summed E-state index contributed by atoms with van der Waals surface area (Å²) in [5.74, 6) is 0. The van der Waals surface area contributed by atoms with E-state index in [1.54, 1.807) is 12.4 Å². The lowest BCUT2D eigenvalue weighted by molar-refractivity contribution is 0.393. The van der Waals surface area contributed by atoms with Crippen LogP contribution < -0.4 is 22.1 Å². The van der Waals surface area contributed by atoms with Gasteiger partial charge < -0.3 is 22.1 Å². The van der Waals surface area contributed by atoms with E-state index >= 15 is 0 Å². The number of nitrogens with two attached hydrogens (primary N) is 2. The normalized spacial score (nSPS) is 11.8. The van der Waals surface area contributed by atoms with Gasteiger partial charge in [0.2, 0.25) is 0 Å². The van der Waals surface area contributed by atoms with Gasteiger partial charge in [0.1, 0.15) is 0 Å². The molecule has 0 aliphatic heterocycles. The fraction of sp³-hybridized carbons (Fsp3) is 0.250. The van der Waals surface area contributed by atoms with Crippen LogP contribution >= 0.6 is 23.2 Å². The number of benzene rings is 2. The standard InChI is InChI=1S/C24H26Cl2N6/c25-16-1-3-18-20(5-9-29-22(18)13-16)31-11-7-24(28,15-27)8-12-32-21-6-10-30-23-14-17(26)2-4-19(21)23/h1-6,9-10,13-14H,7-8,11-12,15,27-28H2,(H,29,31)(H,30,32). The van der Waals surface area contributed by atoms with Crippen molar-refractivity contribution in [3.8, 4) is 0 Å². The lowest BCUT2D eigenvalue weighted by Crippen LogP contribution is -2.49. The Labute approximate surface area is 197 Å². The summed E-state index contributed by atoms with van der Waals surface area (Å²) in [6.07, 6.45) is 5.01. The lowest BCUT2D eigenvalue weighted by Gasteiger charge is -2.29. The quantitative estimate of drug-likeness (QED) is 0.274. The van der Waals surface area contributed by atoms with Gasteiger partial charge in [0.05, 0.1) is 11.0 Å². The zero-order valence-electron chi connectivity index (χ0n) is 17.6. The first-order valence-electron chi connectivity index (χ1n) is 10.5. The molecule has 0 aliphatic carbocycles. The average molecular weight is 469 g/mol. The van der Waals surface area contributed by atoms with Crippen molar-refractivity contribution in [3.63, 3.8) is 0 Å². The molecule has 2 aromatic carbocycles. The highest BCUT2D eigenvalue weighted by Gasteiger charge is 2.22. The van der Waals surface area contributed by atoms with Crippen molar-refractivity contribution in [2.24, 2.45) is 11.5 Å². The summed E-state index contributed by atoms with van der Waals surface area (Å²) in [6.45, 7) is 1.80. The first kappa shape index (κ1) is 22.6. The maximum Gasteiger partial charge on any atom is 0.0737 e. The monoisotopic (exact) mass is 468 g/mol. The lowest BCUT2D eigenvalue weighted by atomic mass is 9.92. The van der Waals surface area contributed by atoms with E-state index in [4.69, 9.17) is 34.7 Å². The van der Waals surface area contributed by atoms with Crippen LogP contribution in [-0.4, -0.2) is 35.1 Å². The Bertz CT molecular complexity index is 1140. The Morgan fingerprint density at radius 3 is 1.66 bits per heavy atom. The SMILES string of the molecule is NCC(N)(CCNc1ccnc2cc(Cl)ccc12)CCNc1ccnc2cc(Cl)ccc12. The van der Waals surface area contributed by atoms with Gasteiger partial charge in [-0.1, -0.05) is 23.2 Å². The summed E-state index contributed by atoms with van der Waals surface area (Å²) in [6, 6.07) is 15.3. The first-order chi connectivity index (χ1) is 15.5. The second kappa shape index (κ2) is 9.88. The molecule has 4 aromatic rings. The van der Waals surface area contributed by atoms with Crippen LogP contribution in [0.15, 0.2) is 60.9 Å². The topological polar surface area (TPSA) is 102 Å². The van der Waals surface area contributed by atoms with Gasteiger partial charge in [-0.2, -0.15) is 0 Å². The minimum absolute atomic E-state index is 0.399. The first-order valence-corrected chi connectivity index (χ1v) is 11.3. The highest BCUT2D eigenvalue weighted by molar-refractivity contribution is 6.31. The van der Waals surface area contributed by atoms with Gasteiger partial charge in [-0.3, -0.25) is 9.97 Å². The molecule has 166 valence electrons. The highest BCUT2D eigenvalue weighted by atomic mass is 35.5. The molecule has 0 saturated carbocycles. The summed E-state index contributed by atoms with van der Waals surface area (Å²) in [5, 5.41) is 10.3. The molecule has 4 rings (SSSR count). The number of anilines is 2. The molecule has 0 aliphatic rings. The number of nitrogens with zero attached hydrogens (tertiary/aromatic N) is 2. The maximum absolute atomic E-state index is 6.63. The number of aromatic nitrogens is 2. The van der Waals surface area contributed by atoms with E-state index in [9.17, 15) is 0 Å². The predicted octanol–water partition coefficient (Wildman–Crippen LogP) is 5.05. The fourth-order valence-corrected chi connectivity index (χ4v) is 4.10.